The van der Waals surface area contributed by atoms with Gasteiger partial charge in [0.2, 0.25) is 27.7 Å². The number of anilines is 3. The van der Waals surface area contributed by atoms with E-state index in [2.05, 4.69) is 5.32 Å². The van der Waals surface area contributed by atoms with Crippen molar-refractivity contribution >= 4 is 67.9 Å². The van der Waals surface area contributed by atoms with Gasteiger partial charge in [0, 0.05) is 36.3 Å². The van der Waals surface area contributed by atoms with Gasteiger partial charge in [-0.25, -0.2) is 18.5 Å². The normalized spacial score (nSPS) is 19.4. The summed E-state index contributed by atoms with van der Waals surface area (Å²) in [5.74, 6) is -2.56. The number of hydrogen-bond donors (Lipinski definition) is 2. The second-order valence-electron chi connectivity index (χ2n) is 10.6. The molecule has 0 spiro atoms. The Morgan fingerprint density at radius 2 is 1.59 bits per heavy atom. The van der Waals surface area contributed by atoms with Crippen LogP contribution in [0.1, 0.15) is 16.4 Å². The SMILES string of the molecule is CN(C)c1ccc(C2c3sc(=O)n(CC(=O)Nc4ccc(S(N)(=O)=O)cc4)c3SC3C(=O)N(c4ccccc4)C(=O)C32)cc1. The van der Waals surface area contributed by atoms with Gasteiger partial charge in [0.05, 0.1) is 21.5 Å². The van der Waals surface area contributed by atoms with E-state index in [1.807, 2.05) is 43.3 Å². The molecule has 44 heavy (non-hydrogen) atoms. The number of nitrogens with zero attached hydrogens (tertiary/aromatic N) is 3. The number of imide groups is 1. The van der Waals surface area contributed by atoms with Crippen molar-refractivity contribution in [2.45, 2.75) is 27.6 Å². The van der Waals surface area contributed by atoms with E-state index >= 15 is 0 Å². The fourth-order valence-corrected chi connectivity index (χ4v) is 8.79. The maximum atomic E-state index is 14.0. The summed E-state index contributed by atoms with van der Waals surface area (Å²) in [5.41, 5.74) is 2.54. The second-order valence-corrected chi connectivity index (χ2v) is 14.3. The van der Waals surface area contributed by atoms with Crippen molar-refractivity contribution in [3.63, 3.8) is 0 Å². The number of benzene rings is 3. The number of sulfonamides is 1. The van der Waals surface area contributed by atoms with Crippen LogP contribution < -0.4 is 25.1 Å². The third-order valence-electron chi connectivity index (χ3n) is 7.60. The molecule has 226 valence electrons. The number of nitrogens with two attached hydrogens (primary N) is 1. The molecular weight excluding hydrogens is 623 g/mol. The molecule has 3 N–H and O–H groups in total. The molecule has 1 fully saturated rings. The van der Waals surface area contributed by atoms with Crippen LogP contribution in [-0.4, -0.2) is 50.1 Å². The molecule has 3 unspecified atom stereocenters. The Morgan fingerprint density at radius 1 is 0.932 bits per heavy atom. The standard InChI is InChI=1S/C30H27N5O6S3/c1-33(2)19-12-8-17(9-13-19)23-24-25(28(38)35(27(24)37)20-6-4-3-5-7-20)42-29-26(23)43-30(39)34(29)16-22(36)32-18-10-14-21(15-11-18)44(31,40)41/h3-15,23-25H,16H2,1-2H3,(H,32,36)(H2,31,40,41). The van der Waals surface area contributed by atoms with E-state index in [9.17, 15) is 27.6 Å². The molecule has 6 rings (SSSR count). The molecule has 2 aliphatic rings. The molecule has 3 amide bonds. The third-order valence-corrected chi connectivity index (χ3v) is 11.1. The van der Waals surface area contributed by atoms with E-state index in [0.29, 0.717) is 21.3 Å². The minimum Gasteiger partial charge on any atom is -0.378 e. The fourth-order valence-electron chi connectivity index (χ4n) is 5.50. The van der Waals surface area contributed by atoms with Crippen LogP contribution in [0.3, 0.4) is 0 Å². The summed E-state index contributed by atoms with van der Waals surface area (Å²) < 4.78 is 24.4. The molecule has 3 aromatic carbocycles. The van der Waals surface area contributed by atoms with Crippen LogP contribution in [-0.2, 0) is 31.0 Å². The highest BCUT2D eigenvalue weighted by molar-refractivity contribution is 8.00. The number of thiazole rings is 1. The Kier molecular flexibility index (Phi) is 7.70. The number of para-hydroxylation sites is 1. The molecule has 11 nitrogen and oxygen atoms in total. The quantitative estimate of drug-likeness (QED) is 0.290. The van der Waals surface area contributed by atoms with Gasteiger partial charge < -0.3 is 10.2 Å². The highest BCUT2D eigenvalue weighted by Crippen LogP contribution is 2.54. The number of carbonyl (C=O) groups excluding carboxylic acids is 3. The minimum atomic E-state index is -3.89. The van der Waals surface area contributed by atoms with E-state index in [-0.39, 0.29) is 23.3 Å². The first kappa shape index (κ1) is 29.8. The van der Waals surface area contributed by atoms with E-state index < -0.39 is 37.9 Å². The minimum absolute atomic E-state index is 0.102. The molecule has 4 aromatic rings. The van der Waals surface area contributed by atoms with Crippen LogP contribution in [0.25, 0.3) is 0 Å². The second kappa shape index (κ2) is 11.4. The molecule has 3 heterocycles. The number of rotatable bonds is 7. The molecule has 2 aliphatic heterocycles. The van der Waals surface area contributed by atoms with Gasteiger partial charge in [-0.1, -0.05) is 53.4 Å². The van der Waals surface area contributed by atoms with Gasteiger partial charge >= 0.3 is 4.87 Å². The van der Waals surface area contributed by atoms with Crippen LogP contribution in [0.4, 0.5) is 17.1 Å². The van der Waals surface area contributed by atoms with Crippen LogP contribution in [0.2, 0.25) is 0 Å². The number of aromatic nitrogens is 1. The number of nitrogens with one attached hydrogen (secondary N) is 1. The number of primary sulfonamides is 1. The van der Waals surface area contributed by atoms with Crippen molar-refractivity contribution < 1.29 is 22.8 Å². The van der Waals surface area contributed by atoms with Crippen molar-refractivity contribution in [1.82, 2.24) is 4.57 Å². The average molecular weight is 650 g/mol. The summed E-state index contributed by atoms with van der Waals surface area (Å²) >= 11 is 2.10. The van der Waals surface area contributed by atoms with Gasteiger partial charge in [0.1, 0.15) is 11.8 Å². The lowest BCUT2D eigenvalue weighted by Crippen LogP contribution is -2.33. The number of thioether (sulfide) groups is 1. The van der Waals surface area contributed by atoms with Gasteiger partial charge in [-0.15, -0.1) is 0 Å². The number of hydrogen-bond acceptors (Lipinski definition) is 9. The van der Waals surface area contributed by atoms with Crippen LogP contribution in [0, 0.1) is 5.92 Å². The summed E-state index contributed by atoms with van der Waals surface area (Å²) in [7, 11) is -0.0555. The Morgan fingerprint density at radius 3 is 2.20 bits per heavy atom. The summed E-state index contributed by atoms with van der Waals surface area (Å²) in [6.45, 7) is -0.344. The Labute approximate surface area is 261 Å². The van der Waals surface area contributed by atoms with Gasteiger partial charge in [-0.05, 0) is 54.1 Å². The van der Waals surface area contributed by atoms with Crippen molar-refractivity contribution in [2.75, 3.05) is 29.2 Å². The van der Waals surface area contributed by atoms with E-state index in [1.165, 1.54) is 33.7 Å². The maximum absolute atomic E-state index is 14.0. The molecule has 0 aliphatic carbocycles. The van der Waals surface area contributed by atoms with E-state index in [4.69, 9.17) is 5.14 Å². The monoisotopic (exact) mass is 649 g/mol. The topological polar surface area (TPSA) is 152 Å². The molecule has 0 saturated carbocycles. The summed E-state index contributed by atoms with van der Waals surface area (Å²) in [6, 6.07) is 21.8. The van der Waals surface area contributed by atoms with Crippen molar-refractivity contribution in [1.29, 1.82) is 0 Å². The Hall–Kier alpha value is -4.24. The average Bonchev–Trinajstić information content (AvgIpc) is 3.43. The zero-order valence-electron chi connectivity index (χ0n) is 23.5. The van der Waals surface area contributed by atoms with Crippen molar-refractivity contribution in [2.24, 2.45) is 11.1 Å². The zero-order valence-corrected chi connectivity index (χ0v) is 26.0. The molecule has 1 saturated heterocycles. The third kappa shape index (κ3) is 5.34. The highest BCUT2D eigenvalue weighted by Gasteiger charge is 2.56. The molecule has 0 radical (unpaired) electrons. The van der Waals surface area contributed by atoms with Crippen molar-refractivity contribution in [3.05, 3.63) is 99.0 Å². The highest BCUT2D eigenvalue weighted by atomic mass is 32.2. The number of amides is 3. The van der Waals surface area contributed by atoms with E-state index in [1.54, 1.807) is 30.3 Å². The molecule has 3 atom stereocenters. The number of fused-ring (bicyclic) bond motifs is 2. The molecular formula is C30H27N5O6S3. The van der Waals surface area contributed by atoms with Gasteiger partial charge in [-0.3, -0.25) is 23.7 Å². The molecule has 14 heteroatoms. The van der Waals surface area contributed by atoms with Crippen molar-refractivity contribution in [3.8, 4) is 0 Å². The molecule has 0 bridgehead atoms. The number of carbonyl (C=O) groups is 3. The lowest BCUT2D eigenvalue weighted by Gasteiger charge is -2.31. The van der Waals surface area contributed by atoms with Gasteiger partial charge in [0.25, 0.3) is 0 Å². The van der Waals surface area contributed by atoms with E-state index in [0.717, 1.165) is 34.3 Å². The first-order chi connectivity index (χ1) is 20.9. The summed E-state index contributed by atoms with van der Waals surface area (Å²) in [6.07, 6.45) is 0. The first-order valence-corrected chi connectivity index (χ1v) is 16.7. The Bertz CT molecular complexity index is 1940. The predicted octanol–water partition coefficient (Wildman–Crippen LogP) is 3.06. The zero-order chi connectivity index (χ0) is 31.3. The van der Waals surface area contributed by atoms with Crippen LogP contribution in [0.15, 0.2) is 93.6 Å². The first-order valence-electron chi connectivity index (χ1n) is 13.5. The summed E-state index contributed by atoms with van der Waals surface area (Å²) in [5, 5.41) is 7.48. The van der Waals surface area contributed by atoms with Gasteiger partial charge in [-0.2, -0.15) is 0 Å². The maximum Gasteiger partial charge on any atom is 0.308 e. The van der Waals surface area contributed by atoms with Crippen LogP contribution >= 0.6 is 23.1 Å². The smallest absolute Gasteiger partial charge is 0.308 e. The molecule has 1 aromatic heterocycles. The predicted molar refractivity (Wildman–Crippen MR) is 170 cm³/mol. The fraction of sp³-hybridized carbons (Fsp3) is 0.200. The lowest BCUT2D eigenvalue weighted by atomic mass is 9.83. The van der Waals surface area contributed by atoms with Gasteiger partial charge in [0.15, 0.2) is 0 Å². The summed E-state index contributed by atoms with van der Waals surface area (Å²) in [4.78, 5) is 57.5. The largest absolute Gasteiger partial charge is 0.378 e. The Balaban J connectivity index is 1.37. The van der Waals surface area contributed by atoms with Crippen LogP contribution in [0.5, 0.6) is 0 Å². The lowest BCUT2D eigenvalue weighted by molar-refractivity contribution is -0.122.